The Morgan fingerprint density at radius 3 is 2.23 bits per heavy atom. The zero-order valence-corrected chi connectivity index (χ0v) is 8.79. The summed E-state index contributed by atoms with van der Waals surface area (Å²) in [6, 6.07) is 0. The number of ketones is 1. The average Bonchev–Trinajstić information content (AvgIpc) is 2.01. The summed E-state index contributed by atoms with van der Waals surface area (Å²) in [4.78, 5) is 21.8. The molecule has 0 fully saturated rings. The number of carbonyl (C=O) groups is 2. The van der Waals surface area contributed by atoms with Gasteiger partial charge in [-0.15, -0.1) is 0 Å². The van der Waals surface area contributed by atoms with Crippen molar-refractivity contribution in [2.24, 2.45) is 11.8 Å². The van der Waals surface area contributed by atoms with Crippen molar-refractivity contribution in [1.82, 2.24) is 0 Å². The highest BCUT2D eigenvalue weighted by atomic mass is 16.5. The molecule has 13 heavy (non-hydrogen) atoms. The van der Waals surface area contributed by atoms with Crippen LogP contribution in [-0.2, 0) is 14.3 Å². The molecule has 3 heteroatoms. The molecule has 0 aromatic carbocycles. The minimum Gasteiger partial charge on any atom is -0.469 e. The molecule has 0 rings (SSSR count). The summed E-state index contributed by atoms with van der Waals surface area (Å²) in [7, 11) is 1.38. The van der Waals surface area contributed by atoms with E-state index in [1.807, 2.05) is 13.8 Å². The number of Topliss-reactive ketones (excluding diaryl/α,β-unsaturated/α-hetero) is 1. The minimum atomic E-state index is -0.199. The van der Waals surface area contributed by atoms with Crippen LogP contribution in [0.3, 0.4) is 0 Å². The van der Waals surface area contributed by atoms with E-state index in [9.17, 15) is 9.59 Å². The van der Waals surface area contributed by atoms with Crippen molar-refractivity contribution in [2.45, 2.75) is 33.6 Å². The number of hydrogen-bond acceptors (Lipinski definition) is 3. The second kappa shape index (κ2) is 5.73. The third-order valence-electron chi connectivity index (χ3n) is 2.00. The highest BCUT2D eigenvalue weighted by molar-refractivity contribution is 5.76. The van der Waals surface area contributed by atoms with E-state index in [2.05, 4.69) is 4.74 Å². The van der Waals surface area contributed by atoms with Crippen molar-refractivity contribution >= 4 is 11.8 Å². The van der Waals surface area contributed by atoms with E-state index in [0.29, 0.717) is 12.8 Å². The predicted octanol–water partition coefficient (Wildman–Crippen LogP) is 1.80. The van der Waals surface area contributed by atoms with Crippen LogP contribution in [0.2, 0.25) is 0 Å². The van der Waals surface area contributed by atoms with Crippen LogP contribution in [0.5, 0.6) is 0 Å². The van der Waals surface area contributed by atoms with Crippen molar-refractivity contribution in [3.05, 3.63) is 0 Å². The second-order valence-corrected chi connectivity index (χ2v) is 3.67. The number of esters is 1. The van der Waals surface area contributed by atoms with Gasteiger partial charge in [0.2, 0.25) is 0 Å². The minimum absolute atomic E-state index is 0.112. The van der Waals surface area contributed by atoms with Gasteiger partial charge < -0.3 is 9.53 Å². The molecule has 0 N–H and O–H groups in total. The lowest BCUT2D eigenvalue weighted by atomic mass is 9.93. The van der Waals surface area contributed by atoms with Crippen LogP contribution in [0.25, 0.3) is 0 Å². The van der Waals surface area contributed by atoms with Gasteiger partial charge in [-0.25, -0.2) is 0 Å². The lowest BCUT2D eigenvalue weighted by Gasteiger charge is -2.13. The van der Waals surface area contributed by atoms with Crippen molar-refractivity contribution in [3.8, 4) is 0 Å². The van der Waals surface area contributed by atoms with Crippen molar-refractivity contribution in [2.75, 3.05) is 7.11 Å². The monoisotopic (exact) mass is 186 g/mol. The summed E-state index contributed by atoms with van der Waals surface area (Å²) in [6.45, 7) is 5.36. The third kappa shape index (κ3) is 5.39. The van der Waals surface area contributed by atoms with Gasteiger partial charge in [0.1, 0.15) is 5.78 Å². The molecule has 0 radical (unpaired) electrons. The number of methoxy groups -OCH3 is 1. The zero-order chi connectivity index (χ0) is 10.4. The van der Waals surface area contributed by atoms with E-state index in [1.54, 1.807) is 6.92 Å². The van der Waals surface area contributed by atoms with Crippen molar-refractivity contribution in [3.63, 3.8) is 0 Å². The maximum absolute atomic E-state index is 11.0. The molecular weight excluding hydrogens is 168 g/mol. The Morgan fingerprint density at radius 2 is 1.85 bits per heavy atom. The first-order chi connectivity index (χ1) is 5.97. The quantitative estimate of drug-likeness (QED) is 0.615. The number of ether oxygens (including phenoxy) is 1. The Morgan fingerprint density at radius 1 is 1.31 bits per heavy atom. The molecule has 3 nitrogen and oxygen atoms in total. The Balaban J connectivity index is 3.83. The van der Waals surface area contributed by atoms with E-state index in [0.717, 1.165) is 0 Å². The maximum atomic E-state index is 11.0. The molecule has 0 aliphatic rings. The first-order valence-corrected chi connectivity index (χ1v) is 4.54. The summed E-state index contributed by atoms with van der Waals surface area (Å²) in [5, 5.41) is 0. The SMILES string of the molecule is COC(=O)[C@H](C)C[C@H](C)CC(C)=O. The van der Waals surface area contributed by atoms with E-state index < -0.39 is 0 Å². The normalized spacial score (nSPS) is 14.8. The van der Waals surface area contributed by atoms with Crippen molar-refractivity contribution in [1.29, 1.82) is 0 Å². The Kier molecular flexibility index (Phi) is 5.35. The molecule has 0 aliphatic heterocycles. The fourth-order valence-corrected chi connectivity index (χ4v) is 1.48. The van der Waals surface area contributed by atoms with E-state index >= 15 is 0 Å². The Hall–Kier alpha value is -0.860. The van der Waals surface area contributed by atoms with Gasteiger partial charge in [-0.05, 0) is 19.3 Å². The van der Waals surface area contributed by atoms with Crippen LogP contribution in [0, 0.1) is 11.8 Å². The lowest BCUT2D eigenvalue weighted by molar-refractivity contribution is -0.145. The topological polar surface area (TPSA) is 43.4 Å². The Labute approximate surface area is 79.5 Å². The standard InChI is InChI=1S/C10H18O3/c1-7(6-9(3)11)5-8(2)10(12)13-4/h7-8H,5-6H2,1-4H3/t7-,8+/m0/s1. The second-order valence-electron chi connectivity index (χ2n) is 3.67. The van der Waals surface area contributed by atoms with Gasteiger partial charge in [0.25, 0.3) is 0 Å². The number of hydrogen-bond donors (Lipinski definition) is 0. The molecule has 0 amide bonds. The van der Waals surface area contributed by atoms with Gasteiger partial charge >= 0.3 is 5.97 Å². The number of carbonyl (C=O) groups excluding carboxylic acids is 2. The van der Waals surface area contributed by atoms with Gasteiger partial charge in [0.15, 0.2) is 0 Å². The van der Waals surface area contributed by atoms with Gasteiger partial charge in [-0.2, -0.15) is 0 Å². The van der Waals surface area contributed by atoms with E-state index in [4.69, 9.17) is 0 Å². The van der Waals surface area contributed by atoms with Gasteiger partial charge in [0, 0.05) is 6.42 Å². The molecule has 0 aliphatic carbocycles. The summed E-state index contributed by atoms with van der Waals surface area (Å²) in [5.41, 5.74) is 0. The number of rotatable bonds is 5. The lowest BCUT2D eigenvalue weighted by Crippen LogP contribution is -2.16. The molecule has 0 unspecified atom stereocenters. The largest absolute Gasteiger partial charge is 0.469 e. The molecule has 76 valence electrons. The van der Waals surface area contributed by atoms with Crippen LogP contribution in [0.15, 0.2) is 0 Å². The average molecular weight is 186 g/mol. The molecule has 0 bridgehead atoms. The molecule has 0 saturated carbocycles. The maximum Gasteiger partial charge on any atom is 0.308 e. The fourth-order valence-electron chi connectivity index (χ4n) is 1.48. The van der Waals surface area contributed by atoms with E-state index in [1.165, 1.54) is 7.11 Å². The Bertz CT molecular complexity index is 187. The summed E-state index contributed by atoms with van der Waals surface area (Å²) in [6.07, 6.45) is 1.26. The fraction of sp³-hybridized carbons (Fsp3) is 0.800. The van der Waals surface area contributed by atoms with Crippen LogP contribution in [0.4, 0.5) is 0 Å². The predicted molar refractivity (Wildman–Crippen MR) is 50.3 cm³/mol. The summed E-state index contributed by atoms with van der Waals surface area (Å²) in [5.74, 6) is 0.117. The molecular formula is C10H18O3. The molecule has 0 spiro atoms. The van der Waals surface area contributed by atoms with Crippen LogP contribution >= 0.6 is 0 Å². The highest BCUT2D eigenvalue weighted by Gasteiger charge is 2.17. The smallest absolute Gasteiger partial charge is 0.308 e. The zero-order valence-electron chi connectivity index (χ0n) is 8.79. The molecule has 0 heterocycles. The van der Waals surface area contributed by atoms with Crippen LogP contribution in [-0.4, -0.2) is 18.9 Å². The summed E-state index contributed by atoms with van der Waals surface area (Å²) < 4.78 is 4.59. The van der Waals surface area contributed by atoms with Gasteiger partial charge in [-0.1, -0.05) is 13.8 Å². The van der Waals surface area contributed by atoms with Crippen LogP contribution < -0.4 is 0 Å². The molecule has 0 aromatic rings. The first-order valence-electron chi connectivity index (χ1n) is 4.54. The third-order valence-corrected chi connectivity index (χ3v) is 2.00. The van der Waals surface area contributed by atoms with Gasteiger partial charge in [-0.3, -0.25) is 4.79 Å². The van der Waals surface area contributed by atoms with Gasteiger partial charge in [0.05, 0.1) is 13.0 Å². The molecule has 0 saturated heterocycles. The first kappa shape index (κ1) is 12.1. The molecule has 2 atom stereocenters. The van der Waals surface area contributed by atoms with Crippen LogP contribution in [0.1, 0.15) is 33.6 Å². The summed E-state index contributed by atoms with van der Waals surface area (Å²) >= 11 is 0. The van der Waals surface area contributed by atoms with Crippen molar-refractivity contribution < 1.29 is 14.3 Å². The van der Waals surface area contributed by atoms with E-state index in [-0.39, 0.29) is 23.6 Å². The molecule has 0 aromatic heterocycles. The highest BCUT2D eigenvalue weighted by Crippen LogP contribution is 2.16.